The molecular formula is C26H27N3O4S. The summed E-state index contributed by atoms with van der Waals surface area (Å²) < 4.78 is 16.5. The highest BCUT2D eigenvalue weighted by molar-refractivity contribution is 7.16. The van der Waals surface area contributed by atoms with E-state index in [1.165, 1.54) is 17.6 Å². The molecule has 176 valence electrons. The van der Waals surface area contributed by atoms with E-state index in [9.17, 15) is 4.79 Å². The Morgan fingerprint density at radius 2 is 1.97 bits per heavy atom. The first kappa shape index (κ1) is 23.4. The van der Waals surface area contributed by atoms with Crippen LogP contribution in [-0.2, 0) is 6.42 Å². The molecule has 8 heteroatoms. The predicted molar refractivity (Wildman–Crippen MR) is 134 cm³/mol. The van der Waals surface area contributed by atoms with Gasteiger partial charge in [0.1, 0.15) is 22.3 Å². The maximum Gasteiger partial charge on any atom is 0.291 e. The lowest BCUT2D eigenvalue weighted by Gasteiger charge is -2.23. The minimum Gasteiger partial charge on any atom is -0.497 e. The summed E-state index contributed by atoms with van der Waals surface area (Å²) in [5, 5.41) is 7.31. The minimum absolute atomic E-state index is 0.251. The summed E-state index contributed by atoms with van der Waals surface area (Å²) in [5.74, 6) is 2.05. The number of aromatic nitrogens is 1. The number of pyridine rings is 1. The number of methoxy groups -OCH3 is 2. The number of rotatable bonds is 9. The Kier molecular flexibility index (Phi) is 7.18. The SMILES string of the molecule is CCc1cc([C@H](Nc2cc(C)ccn2)c2cc(OC)ccc2OC)c(NC(=O)c2ccco2)s1. The van der Waals surface area contributed by atoms with Crippen molar-refractivity contribution < 1.29 is 18.7 Å². The van der Waals surface area contributed by atoms with E-state index in [1.807, 2.05) is 37.3 Å². The zero-order chi connectivity index (χ0) is 24.1. The van der Waals surface area contributed by atoms with E-state index in [-0.39, 0.29) is 17.7 Å². The molecule has 0 saturated carbocycles. The van der Waals surface area contributed by atoms with Gasteiger partial charge in [-0.2, -0.15) is 0 Å². The number of nitrogens with one attached hydrogen (secondary N) is 2. The number of carbonyl (C=O) groups is 1. The number of benzene rings is 1. The molecule has 2 N–H and O–H groups in total. The Hall–Kier alpha value is -3.78. The van der Waals surface area contributed by atoms with Crippen molar-refractivity contribution in [2.75, 3.05) is 24.9 Å². The third-order valence-corrected chi connectivity index (χ3v) is 6.61. The highest BCUT2D eigenvalue weighted by Gasteiger charge is 2.26. The molecule has 0 fully saturated rings. The van der Waals surface area contributed by atoms with Crippen LogP contribution in [0.15, 0.2) is 65.4 Å². The second kappa shape index (κ2) is 10.4. The molecule has 0 unspecified atom stereocenters. The van der Waals surface area contributed by atoms with Crippen LogP contribution < -0.4 is 20.1 Å². The van der Waals surface area contributed by atoms with Crippen LogP contribution in [0, 0.1) is 6.92 Å². The van der Waals surface area contributed by atoms with Crippen molar-refractivity contribution in [2.45, 2.75) is 26.3 Å². The molecule has 4 rings (SSSR count). The number of thiophene rings is 1. The van der Waals surface area contributed by atoms with Crippen molar-refractivity contribution in [3.8, 4) is 11.5 Å². The fourth-order valence-corrected chi connectivity index (χ4v) is 4.70. The van der Waals surface area contributed by atoms with Crippen LogP contribution in [-0.4, -0.2) is 25.1 Å². The standard InChI is InChI=1S/C26H27N3O4S/c1-5-18-15-20(26(34-18)29-25(30)22-7-6-12-33-22)24(28-23-13-16(2)10-11-27-23)19-14-17(31-3)8-9-21(19)32-4/h6-15,24H,5H2,1-4H3,(H,27,28)(H,29,30)/t24-/m1/s1. The predicted octanol–water partition coefficient (Wildman–Crippen LogP) is 6.08. The van der Waals surface area contributed by atoms with Crippen LogP contribution in [0.3, 0.4) is 0 Å². The molecule has 1 aromatic carbocycles. The molecule has 0 aliphatic carbocycles. The quantitative estimate of drug-likeness (QED) is 0.304. The number of ether oxygens (including phenoxy) is 2. The van der Waals surface area contributed by atoms with Gasteiger partial charge in [0, 0.05) is 22.2 Å². The molecule has 7 nitrogen and oxygen atoms in total. The Morgan fingerprint density at radius 3 is 2.65 bits per heavy atom. The Morgan fingerprint density at radius 1 is 1.12 bits per heavy atom. The van der Waals surface area contributed by atoms with E-state index in [2.05, 4.69) is 28.6 Å². The lowest BCUT2D eigenvalue weighted by molar-refractivity contribution is 0.0997. The topological polar surface area (TPSA) is 85.6 Å². The highest BCUT2D eigenvalue weighted by atomic mass is 32.1. The zero-order valence-corrected chi connectivity index (χ0v) is 20.4. The smallest absolute Gasteiger partial charge is 0.291 e. The van der Waals surface area contributed by atoms with Gasteiger partial charge in [-0.25, -0.2) is 4.98 Å². The van der Waals surface area contributed by atoms with E-state index in [4.69, 9.17) is 13.9 Å². The lowest BCUT2D eigenvalue weighted by atomic mass is 9.98. The number of aryl methyl sites for hydroxylation is 2. The molecule has 3 aromatic heterocycles. The van der Waals surface area contributed by atoms with Crippen LogP contribution in [0.25, 0.3) is 0 Å². The summed E-state index contributed by atoms with van der Waals surface area (Å²) in [6, 6.07) is 14.7. The van der Waals surface area contributed by atoms with Crippen LogP contribution >= 0.6 is 11.3 Å². The van der Waals surface area contributed by atoms with Crippen molar-refractivity contribution in [2.24, 2.45) is 0 Å². The van der Waals surface area contributed by atoms with Crippen molar-refractivity contribution in [1.82, 2.24) is 4.98 Å². The highest BCUT2D eigenvalue weighted by Crippen LogP contribution is 2.42. The summed E-state index contributed by atoms with van der Waals surface area (Å²) in [5.41, 5.74) is 2.84. The molecule has 0 aliphatic rings. The first-order valence-corrected chi connectivity index (χ1v) is 11.7. The van der Waals surface area contributed by atoms with Crippen LogP contribution in [0.1, 0.15) is 45.1 Å². The molecule has 0 radical (unpaired) electrons. The van der Waals surface area contributed by atoms with Crippen LogP contribution in [0.2, 0.25) is 0 Å². The molecule has 0 bridgehead atoms. The van der Waals surface area contributed by atoms with E-state index < -0.39 is 0 Å². The molecule has 0 saturated heterocycles. The Bertz CT molecular complexity index is 1270. The van der Waals surface area contributed by atoms with Crippen molar-refractivity contribution in [3.63, 3.8) is 0 Å². The molecule has 0 spiro atoms. The van der Waals surface area contributed by atoms with Gasteiger partial charge in [-0.05, 0) is 67.4 Å². The Balaban J connectivity index is 1.83. The summed E-state index contributed by atoms with van der Waals surface area (Å²) in [6.07, 6.45) is 4.08. The third-order valence-electron chi connectivity index (χ3n) is 5.40. The van der Waals surface area contributed by atoms with Crippen molar-refractivity contribution in [3.05, 3.63) is 88.3 Å². The average Bonchev–Trinajstić information content (AvgIpc) is 3.53. The summed E-state index contributed by atoms with van der Waals surface area (Å²) in [4.78, 5) is 18.5. The van der Waals surface area contributed by atoms with Gasteiger partial charge in [0.2, 0.25) is 0 Å². The molecular weight excluding hydrogens is 450 g/mol. The average molecular weight is 478 g/mol. The zero-order valence-electron chi connectivity index (χ0n) is 19.5. The van der Waals surface area contributed by atoms with Gasteiger partial charge in [-0.3, -0.25) is 4.79 Å². The fourth-order valence-electron chi connectivity index (χ4n) is 3.67. The van der Waals surface area contributed by atoms with Gasteiger partial charge in [-0.1, -0.05) is 6.92 Å². The number of amides is 1. The molecule has 0 aliphatic heterocycles. The van der Waals surface area contributed by atoms with Gasteiger partial charge in [-0.15, -0.1) is 11.3 Å². The number of hydrogen-bond acceptors (Lipinski definition) is 7. The van der Waals surface area contributed by atoms with Crippen molar-refractivity contribution in [1.29, 1.82) is 0 Å². The number of carbonyl (C=O) groups excluding carboxylic acids is 1. The van der Waals surface area contributed by atoms with Crippen LogP contribution in [0.4, 0.5) is 10.8 Å². The first-order valence-electron chi connectivity index (χ1n) is 10.9. The number of hydrogen-bond donors (Lipinski definition) is 2. The van der Waals surface area contributed by atoms with E-state index in [0.717, 1.165) is 33.0 Å². The van der Waals surface area contributed by atoms with Gasteiger partial charge >= 0.3 is 0 Å². The number of furan rings is 1. The first-order chi connectivity index (χ1) is 16.5. The number of anilines is 2. The van der Waals surface area contributed by atoms with E-state index in [1.54, 1.807) is 32.5 Å². The summed E-state index contributed by atoms with van der Waals surface area (Å²) in [6.45, 7) is 4.10. The summed E-state index contributed by atoms with van der Waals surface area (Å²) in [7, 11) is 3.27. The van der Waals surface area contributed by atoms with Gasteiger partial charge in [0.15, 0.2) is 5.76 Å². The van der Waals surface area contributed by atoms with E-state index >= 15 is 0 Å². The maximum atomic E-state index is 12.8. The third kappa shape index (κ3) is 5.07. The van der Waals surface area contributed by atoms with E-state index in [0.29, 0.717) is 17.3 Å². The Labute approximate surface area is 202 Å². The molecule has 1 atom stereocenters. The molecule has 3 heterocycles. The number of nitrogens with zero attached hydrogens (tertiary/aromatic N) is 1. The second-order valence-corrected chi connectivity index (χ2v) is 8.82. The van der Waals surface area contributed by atoms with Gasteiger partial charge < -0.3 is 24.5 Å². The summed E-state index contributed by atoms with van der Waals surface area (Å²) >= 11 is 1.54. The molecule has 4 aromatic rings. The van der Waals surface area contributed by atoms with Gasteiger partial charge in [0.25, 0.3) is 5.91 Å². The molecule has 34 heavy (non-hydrogen) atoms. The van der Waals surface area contributed by atoms with Gasteiger partial charge in [0.05, 0.1) is 26.5 Å². The normalized spacial score (nSPS) is 11.6. The van der Waals surface area contributed by atoms with Crippen molar-refractivity contribution >= 4 is 28.1 Å². The second-order valence-electron chi connectivity index (χ2n) is 7.69. The largest absolute Gasteiger partial charge is 0.497 e. The fraction of sp³-hybridized carbons (Fsp3) is 0.231. The molecule has 1 amide bonds. The maximum absolute atomic E-state index is 12.8. The monoisotopic (exact) mass is 477 g/mol. The minimum atomic E-state index is -0.372. The lowest BCUT2D eigenvalue weighted by Crippen LogP contribution is -2.17. The van der Waals surface area contributed by atoms with Crippen LogP contribution in [0.5, 0.6) is 11.5 Å².